The van der Waals surface area contributed by atoms with Crippen molar-refractivity contribution in [1.29, 1.82) is 0 Å². The van der Waals surface area contributed by atoms with Crippen LogP contribution in [0.2, 0.25) is 0 Å². The van der Waals surface area contributed by atoms with Crippen LogP contribution < -0.4 is 4.74 Å². The van der Waals surface area contributed by atoms with Gasteiger partial charge in [-0.3, -0.25) is 10.1 Å². The highest BCUT2D eigenvalue weighted by molar-refractivity contribution is 9.10. The standard InChI is InChI=1S/C14H12BrNO4/c1-9-2-4-11(16(18)19)7-14(9)20-13-5-3-10(8-17)6-12(13)15/h2-7,17H,8H2,1H3. The maximum atomic E-state index is 10.8. The van der Waals surface area contributed by atoms with E-state index in [0.29, 0.717) is 16.0 Å². The van der Waals surface area contributed by atoms with Crippen LogP contribution in [0.5, 0.6) is 11.5 Å². The van der Waals surface area contributed by atoms with Crippen LogP contribution in [0, 0.1) is 17.0 Å². The fraction of sp³-hybridized carbons (Fsp3) is 0.143. The molecule has 2 rings (SSSR count). The minimum Gasteiger partial charge on any atom is -0.456 e. The van der Waals surface area contributed by atoms with Crippen LogP contribution >= 0.6 is 15.9 Å². The molecular weight excluding hydrogens is 326 g/mol. The number of hydrogen-bond donors (Lipinski definition) is 1. The molecule has 0 atom stereocenters. The summed E-state index contributed by atoms with van der Waals surface area (Å²) in [7, 11) is 0. The quantitative estimate of drug-likeness (QED) is 0.677. The molecule has 2 aromatic rings. The Hall–Kier alpha value is -1.92. The highest BCUT2D eigenvalue weighted by Gasteiger charge is 2.11. The highest BCUT2D eigenvalue weighted by Crippen LogP contribution is 2.33. The Balaban J connectivity index is 2.34. The first-order chi connectivity index (χ1) is 9.51. The third-order valence-electron chi connectivity index (χ3n) is 2.78. The third kappa shape index (κ3) is 3.15. The molecule has 0 unspecified atom stereocenters. The van der Waals surface area contributed by atoms with Gasteiger partial charge in [0.25, 0.3) is 5.69 Å². The van der Waals surface area contributed by atoms with Crippen molar-refractivity contribution in [1.82, 2.24) is 0 Å². The minimum atomic E-state index is -0.462. The van der Waals surface area contributed by atoms with Crippen LogP contribution in [0.3, 0.4) is 0 Å². The summed E-state index contributed by atoms with van der Waals surface area (Å²) in [5.41, 5.74) is 1.53. The van der Waals surface area contributed by atoms with E-state index in [1.807, 2.05) is 6.92 Å². The molecule has 0 fully saturated rings. The summed E-state index contributed by atoms with van der Waals surface area (Å²) in [6.07, 6.45) is 0. The van der Waals surface area contributed by atoms with Gasteiger partial charge in [0.05, 0.1) is 22.1 Å². The number of aliphatic hydroxyl groups is 1. The third-order valence-corrected chi connectivity index (χ3v) is 3.40. The summed E-state index contributed by atoms with van der Waals surface area (Å²) in [5, 5.41) is 19.8. The zero-order valence-electron chi connectivity index (χ0n) is 10.7. The van der Waals surface area contributed by atoms with Crippen molar-refractivity contribution < 1.29 is 14.8 Å². The monoisotopic (exact) mass is 337 g/mol. The smallest absolute Gasteiger partial charge is 0.273 e. The van der Waals surface area contributed by atoms with E-state index >= 15 is 0 Å². The minimum absolute atomic E-state index is 0.0197. The first-order valence-corrected chi connectivity index (χ1v) is 6.62. The van der Waals surface area contributed by atoms with Crippen molar-refractivity contribution >= 4 is 21.6 Å². The van der Waals surface area contributed by atoms with Gasteiger partial charge in [-0.25, -0.2) is 0 Å². The molecule has 104 valence electrons. The summed E-state index contributed by atoms with van der Waals surface area (Å²) in [6.45, 7) is 1.75. The first-order valence-electron chi connectivity index (χ1n) is 5.83. The lowest BCUT2D eigenvalue weighted by atomic mass is 10.2. The van der Waals surface area contributed by atoms with Crippen LogP contribution in [0.15, 0.2) is 40.9 Å². The van der Waals surface area contributed by atoms with Gasteiger partial charge in [0, 0.05) is 6.07 Å². The van der Waals surface area contributed by atoms with Crippen molar-refractivity contribution in [3.8, 4) is 11.5 Å². The second-order valence-corrected chi connectivity index (χ2v) is 5.09. The molecule has 1 N–H and O–H groups in total. The topological polar surface area (TPSA) is 72.6 Å². The lowest BCUT2D eigenvalue weighted by molar-refractivity contribution is -0.384. The number of aryl methyl sites for hydroxylation is 1. The predicted octanol–water partition coefficient (Wildman–Crippen LogP) is 3.95. The lowest BCUT2D eigenvalue weighted by Gasteiger charge is -2.10. The number of nitrogens with zero attached hydrogens (tertiary/aromatic N) is 1. The normalized spacial score (nSPS) is 10.3. The molecule has 0 aliphatic heterocycles. The number of hydrogen-bond acceptors (Lipinski definition) is 4. The van der Waals surface area contributed by atoms with Gasteiger partial charge in [-0.1, -0.05) is 6.07 Å². The number of nitro groups is 1. The number of halogens is 1. The molecule has 2 aromatic carbocycles. The maximum absolute atomic E-state index is 10.8. The first kappa shape index (κ1) is 14.5. The summed E-state index contributed by atoms with van der Waals surface area (Å²) >= 11 is 3.35. The van der Waals surface area contributed by atoms with E-state index in [9.17, 15) is 10.1 Å². The molecular formula is C14H12BrNO4. The van der Waals surface area contributed by atoms with Crippen LogP contribution in [-0.4, -0.2) is 10.0 Å². The summed E-state index contributed by atoms with van der Waals surface area (Å²) in [6, 6.07) is 9.64. The van der Waals surface area contributed by atoms with Crippen LogP contribution in [0.4, 0.5) is 5.69 Å². The summed E-state index contributed by atoms with van der Waals surface area (Å²) in [5.74, 6) is 0.961. The molecule has 0 saturated carbocycles. The Kier molecular flexibility index (Phi) is 4.36. The van der Waals surface area contributed by atoms with Crippen molar-refractivity contribution in [2.45, 2.75) is 13.5 Å². The van der Waals surface area contributed by atoms with Gasteiger partial charge in [0.15, 0.2) is 0 Å². The summed E-state index contributed by atoms with van der Waals surface area (Å²) in [4.78, 5) is 10.3. The van der Waals surface area contributed by atoms with E-state index in [2.05, 4.69) is 15.9 Å². The zero-order chi connectivity index (χ0) is 14.7. The molecule has 6 heteroatoms. The fourth-order valence-electron chi connectivity index (χ4n) is 1.66. The number of ether oxygens (including phenoxy) is 1. The Bertz CT molecular complexity index is 658. The highest BCUT2D eigenvalue weighted by atomic mass is 79.9. The molecule has 0 aliphatic rings. The van der Waals surface area contributed by atoms with Crippen LogP contribution in [0.25, 0.3) is 0 Å². The van der Waals surface area contributed by atoms with Crippen LogP contribution in [-0.2, 0) is 6.61 Å². The zero-order valence-corrected chi connectivity index (χ0v) is 12.3. The number of aliphatic hydroxyl groups excluding tert-OH is 1. The number of benzene rings is 2. The largest absolute Gasteiger partial charge is 0.456 e. The fourth-order valence-corrected chi connectivity index (χ4v) is 2.16. The molecule has 5 nitrogen and oxygen atoms in total. The SMILES string of the molecule is Cc1ccc([N+](=O)[O-])cc1Oc1ccc(CO)cc1Br. The second kappa shape index (κ2) is 6.02. The Morgan fingerprint density at radius 3 is 2.60 bits per heavy atom. The Labute approximate surface area is 124 Å². The average Bonchev–Trinajstić information content (AvgIpc) is 2.42. The van der Waals surface area contributed by atoms with E-state index < -0.39 is 4.92 Å². The van der Waals surface area contributed by atoms with Gasteiger partial charge < -0.3 is 9.84 Å². The molecule has 0 aromatic heterocycles. The maximum Gasteiger partial charge on any atom is 0.273 e. The molecule has 0 aliphatic carbocycles. The van der Waals surface area contributed by atoms with Crippen molar-refractivity contribution in [2.75, 3.05) is 0 Å². The van der Waals surface area contributed by atoms with E-state index in [0.717, 1.165) is 11.1 Å². The molecule has 0 amide bonds. The van der Waals surface area contributed by atoms with Crippen LogP contribution in [0.1, 0.15) is 11.1 Å². The van der Waals surface area contributed by atoms with Gasteiger partial charge in [-0.15, -0.1) is 0 Å². The number of rotatable bonds is 4. The molecule has 0 heterocycles. The lowest BCUT2D eigenvalue weighted by Crippen LogP contribution is -1.93. The summed E-state index contributed by atoms with van der Waals surface area (Å²) < 4.78 is 6.37. The average molecular weight is 338 g/mol. The van der Waals surface area contributed by atoms with Crippen molar-refractivity contribution in [3.63, 3.8) is 0 Å². The Morgan fingerprint density at radius 2 is 2.00 bits per heavy atom. The predicted molar refractivity (Wildman–Crippen MR) is 78.0 cm³/mol. The van der Waals surface area contributed by atoms with E-state index in [1.54, 1.807) is 24.3 Å². The van der Waals surface area contributed by atoms with Gasteiger partial charge in [-0.05, 0) is 52.2 Å². The molecule has 20 heavy (non-hydrogen) atoms. The van der Waals surface area contributed by atoms with E-state index in [-0.39, 0.29) is 12.3 Å². The number of non-ortho nitro benzene ring substituents is 1. The van der Waals surface area contributed by atoms with Gasteiger partial charge in [0.1, 0.15) is 11.5 Å². The molecule has 0 radical (unpaired) electrons. The van der Waals surface area contributed by atoms with Gasteiger partial charge in [-0.2, -0.15) is 0 Å². The molecule has 0 spiro atoms. The van der Waals surface area contributed by atoms with Gasteiger partial charge in [0.2, 0.25) is 0 Å². The van der Waals surface area contributed by atoms with Crippen molar-refractivity contribution in [2.24, 2.45) is 0 Å². The number of nitro benzene ring substituents is 1. The van der Waals surface area contributed by atoms with Gasteiger partial charge >= 0.3 is 0 Å². The van der Waals surface area contributed by atoms with E-state index in [1.165, 1.54) is 12.1 Å². The molecule has 0 bridgehead atoms. The van der Waals surface area contributed by atoms with Crippen molar-refractivity contribution in [3.05, 3.63) is 62.1 Å². The molecule has 0 saturated heterocycles. The second-order valence-electron chi connectivity index (χ2n) is 4.23. The Morgan fingerprint density at radius 1 is 1.25 bits per heavy atom. The van der Waals surface area contributed by atoms with E-state index in [4.69, 9.17) is 9.84 Å².